The maximum atomic E-state index is 6.20. The van der Waals surface area contributed by atoms with Gasteiger partial charge in [-0.25, -0.2) is 0 Å². The standard InChI is InChI=1S/C16H18BrClN2S/c1-2-20-14(8-12-6-7-19-10-16(12)18)11-21-15-5-3-4-13(17)9-15/h3-7,9-10,14,20H,2,8,11H2,1H3. The molecule has 0 saturated heterocycles. The Hall–Kier alpha value is -0.550. The minimum atomic E-state index is 0.388. The zero-order valence-corrected chi connectivity index (χ0v) is 15.0. The third-order valence-electron chi connectivity index (χ3n) is 3.06. The fraction of sp³-hybridized carbons (Fsp3) is 0.312. The predicted octanol–water partition coefficient (Wildman–Crippen LogP) is 4.81. The Kier molecular flexibility index (Phi) is 7.04. The first-order valence-corrected chi connectivity index (χ1v) is 9.05. The SMILES string of the molecule is CCNC(CSc1cccc(Br)c1)Cc1ccncc1Cl. The number of benzene rings is 1. The van der Waals surface area contributed by atoms with Crippen LogP contribution in [0.5, 0.6) is 0 Å². The highest BCUT2D eigenvalue weighted by Gasteiger charge is 2.11. The molecule has 0 aliphatic carbocycles. The van der Waals surface area contributed by atoms with Crippen LogP contribution in [0.15, 0.2) is 52.1 Å². The van der Waals surface area contributed by atoms with Gasteiger partial charge in [-0.05, 0) is 42.8 Å². The Morgan fingerprint density at radius 2 is 2.24 bits per heavy atom. The molecular weight excluding hydrogens is 368 g/mol. The monoisotopic (exact) mass is 384 g/mol. The average Bonchev–Trinajstić information content (AvgIpc) is 2.47. The fourth-order valence-corrected chi connectivity index (χ4v) is 3.83. The molecule has 0 spiro atoms. The Morgan fingerprint density at radius 1 is 1.38 bits per heavy atom. The lowest BCUT2D eigenvalue weighted by Gasteiger charge is -2.18. The molecule has 0 aliphatic rings. The molecule has 0 saturated carbocycles. The molecule has 2 rings (SSSR count). The van der Waals surface area contributed by atoms with Crippen LogP contribution in [0.1, 0.15) is 12.5 Å². The van der Waals surface area contributed by atoms with Gasteiger partial charge in [0.1, 0.15) is 0 Å². The average molecular weight is 386 g/mol. The van der Waals surface area contributed by atoms with Gasteiger partial charge in [0.2, 0.25) is 0 Å². The summed E-state index contributed by atoms with van der Waals surface area (Å²) < 4.78 is 1.12. The van der Waals surface area contributed by atoms with E-state index in [1.165, 1.54) is 4.90 Å². The van der Waals surface area contributed by atoms with E-state index in [9.17, 15) is 0 Å². The van der Waals surface area contributed by atoms with Gasteiger partial charge in [0.15, 0.2) is 0 Å². The van der Waals surface area contributed by atoms with Gasteiger partial charge in [-0.2, -0.15) is 0 Å². The summed E-state index contributed by atoms with van der Waals surface area (Å²) >= 11 is 11.6. The summed E-state index contributed by atoms with van der Waals surface area (Å²) in [6, 6.07) is 10.8. The van der Waals surface area contributed by atoms with E-state index in [4.69, 9.17) is 11.6 Å². The lowest BCUT2D eigenvalue weighted by molar-refractivity contribution is 0.572. The number of thioether (sulfide) groups is 1. The van der Waals surface area contributed by atoms with E-state index in [1.54, 1.807) is 12.4 Å². The largest absolute Gasteiger partial charge is 0.313 e. The molecule has 0 bridgehead atoms. The maximum Gasteiger partial charge on any atom is 0.0621 e. The first kappa shape index (κ1) is 16.8. The Balaban J connectivity index is 1.97. The van der Waals surface area contributed by atoms with Gasteiger partial charge in [0, 0.05) is 33.6 Å². The number of aromatic nitrogens is 1. The highest BCUT2D eigenvalue weighted by molar-refractivity contribution is 9.10. The first-order valence-electron chi connectivity index (χ1n) is 6.89. The third kappa shape index (κ3) is 5.62. The zero-order valence-electron chi connectivity index (χ0n) is 11.9. The van der Waals surface area contributed by atoms with Gasteiger partial charge >= 0.3 is 0 Å². The Morgan fingerprint density at radius 3 is 2.95 bits per heavy atom. The van der Waals surface area contributed by atoms with Crippen LogP contribution >= 0.6 is 39.3 Å². The minimum absolute atomic E-state index is 0.388. The number of halogens is 2. The van der Waals surface area contributed by atoms with Crippen LogP contribution in [-0.2, 0) is 6.42 Å². The van der Waals surface area contributed by atoms with Crippen molar-refractivity contribution in [1.82, 2.24) is 10.3 Å². The number of likely N-dealkylation sites (N-methyl/N-ethyl adjacent to an activating group) is 1. The third-order valence-corrected chi connectivity index (χ3v) is 5.05. The molecule has 2 nitrogen and oxygen atoms in total. The van der Waals surface area contributed by atoms with Crippen LogP contribution < -0.4 is 5.32 Å². The van der Waals surface area contributed by atoms with Crippen molar-refractivity contribution in [2.75, 3.05) is 12.3 Å². The van der Waals surface area contributed by atoms with Crippen LogP contribution in [0, 0.1) is 0 Å². The van der Waals surface area contributed by atoms with Crippen LogP contribution in [0.4, 0.5) is 0 Å². The highest BCUT2D eigenvalue weighted by atomic mass is 79.9. The Bertz CT molecular complexity index is 580. The predicted molar refractivity (Wildman–Crippen MR) is 95.3 cm³/mol. The van der Waals surface area contributed by atoms with E-state index in [-0.39, 0.29) is 0 Å². The molecule has 0 radical (unpaired) electrons. The molecule has 1 aromatic heterocycles. The van der Waals surface area contributed by atoms with E-state index >= 15 is 0 Å². The summed E-state index contributed by atoms with van der Waals surface area (Å²) in [5.41, 5.74) is 1.15. The number of hydrogen-bond donors (Lipinski definition) is 1. The fourth-order valence-electron chi connectivity index (χ4n) is 2.07. The van der Waals surface area contributed by atoms with Crippen molar-refractivity contribution in [3.05, 3.63) is 57.8 Å². The molecule has 1 aromatic carbocycles. The van der Waals surface area contributed by atoms with E-state index in [2.05, 4.69) is 51.4 Å². The quantitative estimate of drug-likeness (QED) is 0.692. The summed E-state index contributed by atoms with van der Waals surface area (Å²) in [5, 5.41) is 4.27. The summed E-state index contributed by atoms with van der Waals surface area (Å²) in [5.74, 6) is 1.00. The van der Waals surface area contributed by atoms with Crippen molar-refractivity contribution in [3.8, 4) is 0 Å². The molecule has 1 N–H and O–H groups in total. The number of rotatable bonds is 7. The second kappa shape index (κ2) is 8.79. The van der Waals surface area contributed by atoms with Gasteiger partial charge in [0.25, 0.3) is 0 Å². The summed E-state index contributed by atoms with van der Waals surface area (Å²) in [7, 11) is 0. The molecule has 5 heteroatoms. The number of nitrogens with zero attached hydrogens (tertiary/aromatic N) is 1. The Labute approximate surface area is 143 Å². The molecule has 0 fully saturated rings. The van der Waals surface area contributed by atoms with Crippen LogP contribution in [0.3, 0.4) is 0 Å². The van der Waals surface area contributed by atoms with E-state index < -0.39 is 0 Å². The van der Waals surface area contributed by atoms with Crippen molar-refractivity contribution in [2.45, 2.75) is 24.3 Å². The van der Waals surface area contributed by atoms with Crippen molar-refractivity contribution in [3.63, 3.8) is 0 Å². The molecular formula is C16H18BrClN2S. The summed E-state index contributed by atoms with van der Waals surface area (Å²) in [6.45, 7) is 3.08. The maximum absolute atomic E-state index is 6.20. The smallest absolute Gasteiger partial charge is 0.0621 e. The summed E-state index contributed by atoms with van der Waals surface area (Å²) in [4.78, 5) is 5.31. The van der Waals surface area contributed by atoms with Crippen molar-refractivity contribution >= 4 is 39.3 Å². The molecule has 21 heavy (non-hydrogen) atoms. The summed E-state index contributed by atoms with van der Waals surface area (Å²) in [6.07, 6.45) is 4.42. The highest BCUT2D eigenvalue weighted by Crippen LogP contribution is 2.24. The van der Waals surface area contributed by atoms with Gasteiger partial charge in [0.05, 0.1) is 5.02 Å². The van der Waals surface area contributed by atoms with E-state index in [1.807, 2.05) is 23.9 Å². The van der Waals surface area contributed by atoms with Crippen LogP contribution in [-0.4, -0.2) is 23.3 Å². The normalized spacial score (nSPS) is 12.3. The number of hydrogen-bond acceptors (Lipinski definition) is 3. The molecule has 112 valence electrons. The second-order valence-corrected chi connectivity index (χ2v) is 7.11. The van der Waals surface area contributed by atoms with Gasteiger partial charge in [-0.15, -0.1) is 11.8 Å². The zero-order chi connectivity index (χ0) is 15.1. The molecule has 2 aromatic rings. The molecule has 1 heterocycles. The molecule has 0 aliphatic heterocycles. The lowest BCUT2D eigenvalue weighted by atomic mass is 10.1. The lowest BCUT2D eigenvalue weighted by Crippen LogP contribution is -2.33. The van der Waals surface area contributed by atoms with E-state index in [0.717, 1.165) is 33.8 Å². The van der Waals surface area contributed by atoms with Gasteiger partial charge in [-0.3, -0.25) is 4.98 Å². The van der Waals surface area contributed by atoms with E-state index in [0.29, 0.717) is 6.04 Å². The van der Waals surface area contributed by atoms with Crippen molar-refractivity contribution < 1.29 is 0 Å². The molecule has 0 amide bonds. The molecule has 1 atom stereocenters. The minimum Gasteiger partial charge on any atom is -0.313 e. The van der Waals surface area contributed by atoms with Crippen LogP contribution in [0.2, 0.25) is 5.02 Å². The van der Waals surface area contributed by atoms with Gasteiger partial charge < -0.3 is 5.32 Å². The van der Waals surface area contributed by atoms with Crippen molar-refractivity contribution in [2.24, 2.45) is 0 Å². The first-order chi connectivity index (χ1) is 10.2. The van der Waals surface area contributed by atoms with Crippen LogP contribution in [0.25, 0.3) is 0 Å². The number of pyridine rings is 1. The van der Waals surface area contributed by atoms with Crippen molar-refractivity contribution in [1.29, 1.82) is 0 Å². The second-order valence-electron chi connectivity index (χ2n) is 4.69. The molecule has 1 unspecified atom stereocenters. The topological polar surface area (TPSA) is 24.9 Å². The van der Waals surface area contributed by atoms with Gasteiger partial charge in [-0.1, -0.05) is 40.5 Å². The number of nitrogens with one attached hydrogen (secondary N) is 1.